The van der Waals surface area contributed by atoms with Gasteiger partial charge in [-0.1, -0.05) is 28.9 Å². The monoisotopic (exact) mass is 273 g/mol. The van der Waals surface area contributed by atoms with Crippen LogP contribution in [0.2, 0.25) is 5.02 Å². The SMILES string of the molecule is N/C(=N/O)c1ccc(CNC(CO)CO)c(Cl)c1. The maximum Gasteiger partial charge on any atom is 0.170 e. The zero-order valence-corrected chi connectivity index (χ0v) is 10.4. The average Bonchev–Trinajstić information content (AvgIpc) is 2.40. The van der Waals surface area contributed by atoms with Gasteiger partial charge in [0.15, 0.2) is 5.84 Å². The molecule has 0 aliphatic rings. The van der Waals surface area contributed by atoms with E-state index in [0.717, 1.165) is 5.56 Å². The van der Waals surface area contributed by atoms with Crippen LogP contribution in [-0.2, 0) is 6.54 Å². The predicted octanol–water partition coefficient (Wildman–Crippen LogP) is -0.123. The molecule has 6 N–H and O–H groups in total. The highest BCUT2D eigenvalue weighted by molar-refractivity contribution is 6.31. The number of rotatable bonds is 6. The van der Waals surface area contributed by atoms with Gasteiger partial charge in [0.2, 0.25) is 0 Å². The number of halogens is 1. The Bertz CT molecular complexity index is 422. The van der Waals surface area contributed by atoms with E-state index in [2.05, 4.69) is 10.5 Å². The highest BCUT2D eigenvalue weighted by atomic mass is 35.5. The van der Waals surface area contributed by atoms with Gasteiger partial charge in [0.25, 0.3) is 0 Å². The molecule has 1 rings (SSSR count). The smallest absolute Gasteiger partial charge is 0.170 e. The second-order valence-corrected chi connectivity index (χ2v) is 4.14. The second-order valence-electron chi connectivity index (χ2n) is 3.73. The highest BCUT2D eigenvalue weighted by Gasteiger charge is 2.08. The van der Waals surface area contributed by atoms with Gasteiger partial charge in [0.1, 0.15) is 0 Å². The molecule has 0 saturated heterocycles. The molecular weight excluding hydrogens is 258 g/mol. The molecule has 100 valence electrons. The largest absolute Gasteiger partial charge is 0.409 e. The van der Waals surface area contributed by atoms with E-state index in [-0.39, 0.29) is 25.1 Å². The molecule has 0 aliphatic carbocycles. The van der Waals surface area contributed by atoms with E-state index in [9.17, 15) is 0 Å². The molecule has 6 nitrogen and oxygen atoms in total. The quantitative estimate of drug-likeness (QED) is 0.215. The van der Waals surface area contributed by atoms with Crippen LogP contribution in [0.1, 0.15) is 11.1 Å². The lowest BCUT2D eigenvalue weighted by Gasteiger charge is -2.14. The van der Waals surface area contributed by atoms with Gasteiger partial charge >= 0.3 is 0 Å². The van der Waals surface area contributed by atoms with Gasteiger partial charge in [-0.2, -0.15) is 0 Å². The Morgan fingerprint density at radius 3 is 2.56 bits per heavy atom. The van der Waals surface area contributed by atoms with Crippen LogP contribution in [0.15, 0.2) is 23.4 Å². The van der Waals surface area contributed by atoms with Crippen molar-refractivity contribution in [3.8, 4) is 0 Å². The third-order valence-electron chi connectivity index (χ3n) is 2.48. The summed E-state index contributed by atoms with van der Waals surface area (Å²) in [6.07, 6.45) is 0. The van der Waals surface area contributed by atoms with Crippen molar-refractivity contribution in [1.29, 1.82) is 0 Å². The van der Waals surface area contributed by atoms with E-state index < -0.39 is 0 Å². The number of nitrogens with one attached hydrogen (secondary N) is 1. The fourth-order valence-corrected chi connectivity index (χ4v) is 1.60. The number of amidine groups is 1. The normalized spacial score (nSPS) is 12.1. The summed E-state index contributed by atoms with van der Waals surface area (Å²) in [6.45, 7) is 0.0910. The van der Waals surface area contributed by atoms with E-state index in [4.69, 9.17) is 32.8 Å². The summed E-state index contributed by atoms with van der Waals surface area (Å²) in [6, 6.07) is 4.60. The molecule has 0 bridgehead atoms. The van der Waals surface area contributed by atoms with Crippen molar-refractivity contribution < 1.29 is 15.4 Å². The summed E-state index contributed by atoms with van der Waals surface area (Å²) >= 11 is 6.04. The minimum atomic E-state index is -0.384. The third-order valence-corrected chi connectivity index (χ3v) is 2.83. The van der Waals surface area contributed by atoms with E-state index >= 15 is 0 Å². The van der Waals surface area contributed by atoms with Crippen LogP contribution < -0.4 is 11.1 Å². The van der Waals surface area contributed by atoms with Crippen LogP contribution in [-0.4, -0.2) is 40.5 Å². The van der Waals surface area contributed by atoms with E-state index in [1.54, 1.807) is 18.2 Å². The standard InChI is InChI=1S/C11H16ClN3O3/c12-10-3-7(11(13)15-18)1-2-8(10)4-14-9(5-16)6-17/h1-3,9,14,16-18H,4-6H2,(H2,13,15). The van der Waals surface area contributed by atoms with Gasteiger partial charge in [-0.05, 0) is 11.6 Å². The first-order valence-electron chi connectivity index (χ1n) is 5.33. The van der Waals surface area contributed by atoms with Crippen molar-refractivity contribution in [2.75, 3.05) is 13.2 Å². The zero-order valence-electron chi connectivity index (χ0n) is 9.67. The summed E-state index contributed by atoms with van der Waals surface area (Å²) in [7, 11) is 0. The molecule has 1 aromatic carbocycles. The van der Waals surface area contributed by atoms with Crippen molar-refractivity contribution in [2.45, 2.75) is 12.6 Å². The number of benzene rings is 1. The molecule has 1 aromatic rings. The Morgan fingerprint density at radius 1 is 1.39 bits per heavy atom. The molecule has 0 fully saturated rings. The lowest BCUT2D eigenvalue weighted by Crippen LogP contribution is -2.35. The molecule has 18 heavy (non-hydrogen) atoms. The Balaban J connectivity index is 2.74. The number of nitrogens with zero attached hydrogens (tertiary/aromatic N) is 1. The molecule has 0 amide bonds. The summed E-state index contributed by atoms with van der Waals surface area (Å²) in [5.41, 5.74) is 6.75. The van der Waals surface area contributed by atoms with Crippen molar-refractivity contribution in [2.24, 2.45) is 10.9 Å². The van der Waals surface area contributed by atoms with E-state index in [0.29, 0.717) is 17.1 Å². The first kappa shape index (κ1) is 14.7. The van der Waals surface area contributed by atoms with Gasteiger partial charge in [-0.25, -0.2) is 0 Å². The lowest BCUT2D eigenvalue weighted by atomic mass is 10.1. The minimum absolute atomic E-state index is 0.0139. The average molecular weight is 274 g/mol. The summed E-state index contributed by atoms with van der Waals surface area (Å²) in [5, 5.41) is 32.6. The molecule has 0 aliphatic heterocycles. The van der Waals surface area contributed by atoms with Gasteiger partial charge in [-0.15, -0.1) is 0 Å². The zero-order chi connectivity index (χ0) is 13.5. The predicted molar refractivity (Wildman–Crippen MR) is 68.8 cm³/mol. The number of hydrogen-bond acceptors (Lipinski definition) is 5. The second kappa shape index (κ2) is 7.17. The molecular formula is C11H16ClN3O3. The third kappa shape index (κ3) is 3.85. The van der Waals surface area contributed by atoms with Gasteiger partial charge in [-0.3, -0.25) is 0 Å². The fraction of sp³-hybridized carbons (Fsp3) is 0.364. The molecule has 0 heterocycles. The van der Waals surface area contributed by atoms with Crippen LogP contribution >= 0.6 is 11.6 Å². The summed E-state index contributed by atoms with van der Waals surface area (Å²) in [5.74, 6) is -0.0139. The Kier molecular flexibility index (Phi) is 5.87. The van der Waals surface area contributed by atoms with Gasteiger partial charge in [0.05, 0.1) is 19.3 Å². The molecule has 0 unspecified atom stereocenters. The van der Waals surface area contributed by atoms with Crippen LogP contribution in [0.5, 0.6) is 0 Å². The number of oxime groups is 1. The Morgan fingerprint density at radius 2 is 2.06 bits per heavy atom. The van der Waals surface area contributed by atoms with Crippen LogP contribution in [0.3, 0.4) is 0 Å². The first-order chi connectivity index (χ1) is 8.62. The first-order valence-corrected chi connectivity index (χ1v) is 5.71. The molecule has 7 heteroatoms. The topological polar surface area (TPSA) is 111 Å². The van der Waals surface area contributed by atoms with E-state index in [1.807, 2.05) is 0 Å². The number of hydrogen-bond donors (Lipinski definition) is 5. The molecule has 0 radical (unpaired) electrons. The number of aliphatic hydroxyl groups excluding tert-OH is 2. The van der Waals surface area contributed by atoms with Gasteiger partial charge < -0.3 is 26.5 Å². The van der Waals surface area contributed by atoms with Crippen molar-refractivity contribution >= 4 is 17.4 Å². The van der Waals surface area contributed by atoms with Crippen molar-refractivity contribution in [1.82, 2.24) is 5.32 Å². The number of nitrogens with two attached hydrogens (primary N) is 1. The van der Waals surface area contributed by atoms with Crippen LogP contribution in [0.4, 0.5) is 0 Å². The minimum Gasteiger partial charge on any atom is -0.409 e. The Hall–Kier alpha value is -1.34. The maximum atomic E-state index is 8.91. The molecule has 0 saturated carbocycles. The van der Waals surface area contributed by atoms with E-state index in [1.165, 1.54) is 0 Å². The van der Waals surface area contributed by atoms with Gasteiger partial charge in [0, 0.05) is 17.1 Å². The lowest BCUT2D eigenvalue weighted by molar-refractivity contribution is 0.170. The fourth-order valence-electron chi connectivity index (χ4n) is 1.35. The molecule has 0 atom stereocenters. The summed E-state index contributed by atoms with van der Waals surface area (Å²) in [4.78, 5) is 0. The van der Waals surface area contributed by atoms with Crippen molar-refractivity contribution in [3.63, 3.8) is 0 Å². The Labute approximate surface area is 110 Å². The van der Waals surface area contributed by atoms with Crippen LogP contribution in [0, 0.1) is 0 Å². The summed E-state index contributed by atoms with van der Waals surface area (Å²) < 4.78 is 0. The highest BCUT2D eigenvalue weighted by Crippen LogP contribution is 2.17. The maximum absolute atomic E-state index is 8.91. The molecule has 0 spiro atoms. The van der Waals surface area contributed by atoms with Crippen LogP contribution in [0.25, 0.3) is 0 Å². The molecule has 0 aromatic heterocycles. The number of aliphatic hydroxyl groups is 2. The van der Waals surface area contributed by atoms with Crippen molar-refractivity contribution in [3.05, 3.63) is 34.3 Å².